The second-order valence-corrected chi connectivity index (χ2v) is 10.1. The number of methoxy groups -OCH3 is 1. The number of hydrogen-bond acceptors (Lipinski definition) is 6. The van der Waals surface area contributed by atoms with Gasteiger partial charge in [-0.2, -0.15) is 4.31 Å². The van der Waals surface area contributed by atoms with Crippen LogP contribution in [0.3, 0.4) is 0 Å². The van der Waals surface area contributed by atoms with Crippen LogP contribution in [0.5, 0.6) is 5.75 Å². The van der Waals surface area contributed by atoms with Crippen LogP contribution in [0.2, 0.25) is 0 Å². The minimum absolute atomic E-state index is 0.0394. The van der Waals surface area contributed by atoms with Gasteiger partial charge in [-0.05, 0) is 58.7 Å². The van der Waals surface area contributed by atoms with Gasteiger partial charge in [-0.15, -0.1) is 0 Å². The molecule has 0 saturated carbocycles. The molecule has 0 aliphatic carbocycles. The second-order valence-electron chi connectivity index (χ2n) is 8.20. The van der Waals surface area contributed by atoms with Gasteiger partial charge in [-0.25, -0.2) is 13.2 Å². The van der Waals surface area contributed by atoms with Gasteiger partial charge >= 0.3 is 5.97 Å². The SMILES string of the molecule is COc1ccc(C(=O)OCC(=O)NC(C)(C)C)cc1S(=O)(=O)N1CCCC[C@@H]1C. The Morgan fingerprint density at radius 2 is 1.93 bits per heavy atom. The van der Waals surface area contributed by atoms with E-state index in [9.17, 15) is 18.0 Å². The lowest BCUT2D eigenvalue weighted by atomic mass is 10.1. The van der Waals surface area contributed by atoms with E-state index in [1.165, 1.54) is 29.6 Å². The summed E-state index contributed by atoms with van der Waals surface area (Å²) in [6.45, 7) is 7.29. The van der Waals surface area contributed by atoms with Gasteiger partial charge in [0, 0.05) is 18.1 Å². The maximum Gasteiger partial charge on any atom is 0.338 e. The summed E-state index contributed by atoms with van der Waals surface area (Å²) in [7, 11) is -2.47. The van der Waals surface area contributed by atoms with Gasteiger partial charge < -0.3 is 14.8 Å². The maximum absolute atomic E-state index is 13.2. The van der Waals surface area contributed by atoms with Gasteiger partial charge in [-0.3, -0.25) is 4.79 Å². The van der Waals surface area contributed by atoms with Crippen molar-refractivity contribution in [1.29, 1.82) is 0 Å². The fourth-order valence-electron chi connectivity index (χ4n) is 3.23. The van der Waals surface area contributed by atoms with Gasteiger partial charge in [0.25, 0.3) is 5.91 Å². The molecule has 1 aromatic rings. The minimum Gasteiger partial charge on any atom is -0.495 e. The zero-order chi connectivity index (χ0) is 21.8. The van der Waals surface area contributed by atoms with Crippen LogP contribution < -0.4 is 10.1 Å². The fraction of sp³-hybridized carbons (Fsp3) is 0.600. The molecule has 1 amide bonds. The van der Waals surface area contributed by atoms with Gasteiger partial charge in [0.1, 0.15) is 10.6 Å². The van der Waals surface area contributed by atoms with Crippen LogP contribution in [0, 0.1) is 0 Å². The molecule has 8 nitrogen and oxygen atoms in total. The van der Waals surface area contributed by atoms with Gasteiger partial charge in [-0.1, -0.05) is 6.42 Å². The molecule has 1 N–H and O–H groups in total. The number of nitrogens with one attached hydrogen (secondary N) is 1. The predicted octanol–water partition coefficient (Wildman–Crippen LogP) is 2.33. The van der Waals surface area contributed by atoms with Crippen LogP contribution in [0.15, 0.2) is 23.1 Å². The number of carbonyl (C=O) groups excluding carboxylic acids is 2. The summed E-state index contributed by atoms with van der Waals surface area (Å²) < 4.78 is 38.1. The second kappa shape index (κ2) is 9.13. The largest absolute Gasteiger partial charge is 0.495 e. The molecular weight excluding hydrogens is 396 g/mol. The molecule has 2 rings (SSSR count). The highest BCUT2D eigenvalue weighted by atomic mass is 32.2. The Bertz CT molecular complexity index is 860. The van der Waals surface area contributed by atoms with E-state index in [1.807, 2.05) is 27.7 Å². The van der Waals surface area contributed by atoms with E-state index in [0.717, 1.165) is 19.3 Å². The fourth-order valence-corrected chi connectivity index (χ4v) is 5.11. The Kier molecular flexibility index (Phi) is 7.29. The molecule has 1 atom stereocenters. The number of esters is 1. The monoisotopic (exact) mass is 426 g/mol. The zero-order valence-electron chi connectivity index (χ0n) is 17.6. The molecule has 0 aromatic heterocycles. The molecule has 0 spiro atoms. The minimum atomic E-state index is -3.84. The van der Waals surface area contributed by atoms with E-state index in [1.54, 1.807) is 0 Å². The van der Waals surface area contributed by atoms with Gasteiger partial charge in [0.05, 0.1) is 12.7 Å². The van der Waals surface area contributed by atoms with Crippen molar-refractivity contribution in [2.24, 2.45) is 0 Å². The summed E-state index contributed by atoms with van der Waals surface area (Å²) in [5, 5.41) is 2.69. The third-order valence-electron chi connectivity index (χ3n) is 4.58. The van der Waals surface area contributed by atoms with Crippen molar-refractivity contribution >= 4 is 21.9 Å². The Balaban J connectivity index is 2.24. The molecule has 29 heavy (non-hydrogen) atoms. The van der Waals surface area contributed by atoms with Crippen molar-refractivity contribution in [3.8, 4) is 5.75 Å². The number of rotatable bonds is 6. The lowest BCUT2D eigenvalue weighted by molar-refractivity contribution is -0.125. The lowest BCUT2D eigenvalue weighted by Gasteiger charge is -2.32. The molecule has 0 unspecified atom stereocenters. The number of benzene rings is 1. The average molecular weight is 427 g/mol. The number of nitrogens with zero attached hydrogens (tertiary/aromatic N) is 1. The highest BCUT2D eigenvalue weighted by Crippen LogP contribution is 2.31. The summed E-state index contributed by atoms with van der Waals surface area (Å²) in [5.74, 6) is -1.06. The van der Waals surface area contributed by atoms with E-state index in [-0.39, 0.29) is 22.3 Å². The number of amides is 1. The molecule has 1 aliphatic heterocycles. The van der Waals surface area contributed by atoms with E-state index >= 15 is 0 Å². The molecule has 0 radical (unpaired) electrons. The summed E-state index contributed by atoms with van der Waals surface area (Å²) in [6.07, 6.45) is 2.55. The van der Waals surface area contributed by atoms with Crippen LogP contribution >= 0.6 is 0 Å². The molecule has 0 bridgehead atoms. The van der Waals surface area contributed by atoms with E-state index < -0.39 is 34.0 Å². The molecular formula is C20H30N2O6S. The number of sulfonamides is 1. The van der Waals surface area contributed by atoms with Gasteiger partial charge in [0.15, 0.2) is 6.61 Å². The van der Waals surface area contributed by atoms with Crippen LogP contribution in [-0.2, 0) is 19.6 Å². The normalized spacial score (nSPS) is 18.2. The topological polar surface area (TPSA) is 102 Å². The first-order valence-electron chi connectivity index (χ1n) is 9.64. The number of piperidine rings is 1. The summed E-state index contributed by atoms with van der Waals surface area (Å²) in [6, 6.07) is 3.96. The number of carbonyl (C=O) groups is 2. The molecule has 1 fully saturated rings. The zero-order valence-corrected chi connectivity index (χ0v) is 18.5. The van der Waals surface area contributed by atoms with Crippen molar-refractivity contribution in [1.82, 2.24) is 9.62 Å². The van der Waals surface area contributed by atoms with Crippen LogP contribution in [0.4, 0.5) is 0 Å². The first-order chi connectivity index (χ1) is 13.5. The molecule has 1 aromatic carbocycles. The highest BCUT2D eigenvalue weighted by Gasteiger charge is 2.33. The molecule has 1 saturated heterocycles. The maximum atomic E-state index is 13.2. The Labute approximate surface area is 172 Å². The highest BCUT2D eigenvalue weighted by molar-refractivity contribution is 7.89. The van der Waals surface area contributed by atoms with E-state index in [2.05, 4.69) is 5.32 Å². The summed E-state index contributed by atoms with van der Waals surface area (Å²) in [5.41, 5.74) is -0.409. The molecule has 162 valence electrons. The lowest BCUT2D eigenvalue weighted by Crippen LogP contribution is -2.42. The summed E-state index contributed by atoms with van der Waals surface area (Å²) in [4.78, 5) is 24.2. The van der Waals surface area contributed by atoms with Gasteiger partial charge in [0.2, 0.25) is 10.0 Å². The Morgan fingerprint density at radius 3 is 2.52 bits per heavy atom. The standard InChI is InChI=1S/C20H30N2O6S/c1-14-8-6-7-11-22(14)29(25,26)17-12-15(9-10-16(17)27-5)19(24)28-13-18(23)21-20(2,3)4/h9-10,12,14H,6-8,11,13H2,1-5H3,(H,21,23)/t14-/m0/s1. The first kappa shape index (κ1) is 23.2. The van der Waals surface area contributed by atoms with Crippen molar-refractivity contribution in [3.63, 3.8) is 0 Å². The Morgan fingerprint density at radius 1 is 1.24 bits per heavy atom. The molecule has 1 heterocycles. The van der Waals surface area contributed by atoms with Crippen LogP contribution in [0.1, 0.15) is 57.3 Å². The average Bonchev–Trinajstić information content (AvgIpc) is 2.64. The first-order valence-corrected chi connectivity index (χ1v) is 11.1. The third-order valence-corrected chi connectivity index (χ3v) is 6.61. The van der Waals surface area contributed by atoms with Crippen LogP contribution in [-0.4, -0.2) is 56.4 Å². The number of hydrogen-bond donors (Lipinski definition) is 1. The van der Waals surface area contributed by atoms with Crippen LogP contribution in [0.25, 0.3) is 0 Å². The van der Waals surface area contributed by atoms with Crippen molar-refractivity contribution < 1.29 is 27.5 Å². The smallest absolute Gasteiger partial charge is 0.338 e. The van der Waals surface area contributed by atoms with Crippen molar-refractivity contribution in [2.75, 3.05) is 20.3 Å². The quantitative estimate of drug-likeness (QED) is 0.701. The summed E-state index contributed by atoms with van der Waals surface area (Å²) >= 11 is 0. The van der Waals surface area contributed by atoms with E-state index in [4.69, 9.17) is 9.47 Å². The van der Waals surface area contributed by atoms with E-state index in [0.29, 0.717) is 6.54 Å². The third kappa shape index (κ3) is 5.93. The number of ether oxygens (including phenoxy) is 2. The Hall–Kier alpha value is -2.13. The van der Waals surface area contributed by atoms with Crippen molar-refractivity contribution in [2.45, 2.75) is 63.4 Å². The molecule has 1 aliphatic rings. The predicted molar refractivity (Wildman–Crippen MR) is 108 cm³/mol. The molecule has 9 heteroatoms. The van der Waals surface area contributed by atoms with Crippen molar-refractivity contribution in [3.05, 3.63) is 23.8 Å².